The summed E-state index contributed by atoms with van der Waals surface area (Å²) >= 11 is 0. The molecule has 0 aromatic heterocycles. The molecule has 4 nitrogen and oxygen atoms in total. The molecular weight excluding hydrogens is 188 g/mol. The SMILES string of the molecule is N#Cc1ccc(N=NN2CCCC2)cc1. The maximum Gasteiger partial charge on any atom is 0.0991 e. The summed E-state index contributed by atoms with van der Waals surface area (Å²) in [4.78, 5) is 0. The van der Waals surface area contributed by atoms with Gasteiger partial charge in [0.05, 0.1) is 17.3 Å². The molecule has 1 aromatic carbocycles. The molecule has 0 N–H and O–H groups in total. The van der Waals surface area contributed by atoms with E-state index in [0.717, 1.165) is 18.8 Å². The Balaban J connectivity index is 2.01. The molecule has 1 heterocycles. The minimum absolute atomic E-state index is 0.648. The molecule has 1 fully saturated rings. The van der Waals surface area contributed by atoms with Crippen molar-refractivity contribution < 1.29 is 0 Å². The zero-order valence-corrected chi connectivity index (χ0v) is 8.43. The molecule has 2 rings (SSSR count). The van der Waals surface area contributed by atoms with Gasteiger partial charge in [0.15, 0.2) is 0 Å². The summed E-state index contributed by atoms with van der Waals surface area (Å²) in [6.07, 6.45) is 2.40. The average molecular weight is 200 g/mol. The topological polar surface area (TPSA) is 51.8 Å². The quantitative estimate of drug-likeness (QED) is 0.689. The van der Waals surface area contributed by atoms with Crippen LogP contribution in [0.5, 0.6) is 0 Å². The first-order valence-corrected chi connectivity index (χ1v) is 5.05. The van der Waals surface area contributed by atoms with Gasteiger partial charge in [-0.05, 0) is 37.1 Å². The highest BCUT2D eigenvalue weighted by molar-refractivity contribution is 5.41. The molecule has 1 aromatic rings. The van der Waals surface area contributed by atoms with Gasteiger partial charge >= 0.3 is 0 Å². The fraction of sp³-hybridized carbons (Fsp3) is 0.364. The van der Waals surface area contributed by atoms with Crippen molar-refractivity contribution in [1.82, 2.24) is 5.01 Å². The number of hydrogen-bond donors (Lipinski definition) is 0. The molecule has 0 saturated carbocycles. The van der Waals surface area contributed by atoms with E-state index >= 15 is 0 Å². The number of rotatable bonds is 2. The Morgan fingerprint density at radius 2 is 1.80 bits per heavy atom. The van der Waals surface area contributed by atoms with E-state index in [-0.39, 0.29) is 0 Å². The summed E-state index contributed by atoms with van der Waals surface area (Å²) in [5.41, 5.74) is 1.44. The first kappa shape index (κ1) is 9.66. The smallest absolute Gasteiger partial charge is 0.0991 e. The highest BCUT2D eigenvalue weighted by Crippen LogP contribution is 2.15. The molecular formula is C11H12N4. The van der Waals surface area contributed by atoms with Crippen molar-refractivity contribution in [3.05, 3.63) is 29.8 Å². The largest absolute Gasteiger partial charge is 0.278 e. The van der Waals surface area contributed by atoms with Crippen LogP contribution in [0.25, 0.3) is 0 Å². The Hall–Kier alpha value is -1.89. The van der Waals surface area contributed by atoms with E-state index in [1.165, 1.54) is 12.8 Å². The van der Waals surface area contributed by atoms with Gasteiger partial charge in [0, 0.05) is 13.1 Å². The Kier molecular flexibility index (Phi) is 2.93. The molecule has 1 aliphatic heterocycles. The average Bonchev–Trinajstić information content (AvgIpc) is 2.80. The van der Waals surface area contributed by atoms with Gasteiger partial charge < -0.3 is 0 Å². The lowest BCUT2D eigenvalue weighted by atomic mass is 10.2. The van der Waals surface area contributed by atoms with Gasteiger partial charge in [0.1, 0.15) is 0 Å². The second-order valence-corrected chi connectivity index (χ2v) is 3.51. The zero-order valence-electron chi connectivity index (χ0n) is 8.43. The first-order chi connectivity index (χ1) is 7.38. The highest BCUT2D eigenvalue weighted by atomic mass is 15.5. The van der Waals surface area contributed by atoms with Crippen LogP contribution in [-0.2, 0) is 0 Å². The molecule has 0 radical (unpaired) electrons. The maximum absolute atomic E-state index is 8.62. The van der Waals surface area contributed by atoms with Crippen molar-refractivity contribution in [1.29, 1.82) is 5.26 Å². The molecule has 76 valence electrons. The number of hydrogen-bond acceptors (Lipinski definition) is 3. The third-order valence-corrected chi connectivity index (χ3v) is 2.37. The van der Waals surface area contributed by atoms with Crippen LogP contribution in [0.1, 0.15) is 18.4 Å². The number of nitriles is 1. The molecule has 1 aliphatic rings. The van der Waals surface area contributed by atoms with E-state index in [4.69, 9.17) is 5.26 Å². The van der Waals surface area contributed by atoms with Crippen LogP contribution in [0.4, 0.5) is 5.69 Å². The summed E-state index contributed by atoms with van der Waals surface area (Å²) in [6, 6.07) is 9.17. The second kappa shape index (κ2) is 4.56. The predicted molar refractivity (Wildman–Crippen MR) is 56.5 cm³/mol. The van der Waals surface area contributed by atoms with Gasteiger partial charge in [0.2, 0.25) is 0 Å². The minimum atomic E-state index is 0.648. The van der Waals surface area contributed by atoms with E-state index in [0.29, 0.717) is 5.56 Å². The third kappa shape index (κ3) is 2.53. The van der Waals surface area contributed by atoms with E-state index in [9.17, 15) is 0 Å². The lowest BCUT2D eigenvalue weighted by Gasteiger charge is -2.06. The fourth-order valence-corrected chi connectivity index (χ4v) is 1.51. The molecule has 0 spiro atoms. The van der Waals surface area contributed by atoms with Crippen molar-refractivity contribution in [2.75, 3.05) is 13.1 Å². The Morgan fingerprint density at radius 1 is 1.13 bits per heavy atom. The number of benzene rings is 1. The summed E-state index contributed by atoms with van der Waals surface area (Å²) in [5, 5.41) is 18.8. The predicted octanol–water partition coefficient (Wildman–Crippen LogP) is 2.65. The fourth-order valence-electron chi connectivity index (χ4n) is 1.51. The van der Waals surface area contributed by atoms with E-state index in [1.807, 2.05) is 5.01 Å². The van der Waals surface area contributed by atoms with E-state index in [1.54, 1.807) is 24.3 Å². The summed E-state index contributed by atoms with van der Waals surface area (Å²) in [6.45, 7) is 2.00. The molecule has 0 bridgehead atoms. The summed E-state index contributed by atoms with van der Waals surface area (Å²) < 4.78 is 0. The zero-order chi connectivity index (χ0) is 10.5. The van der Waals surface area contributed by atoms with Crippen LogP contribution in [0.2, 0.25) is 0 Å². The Morgan fingerprint density at radius 3 is 2.40 bits per heavy atom. The minimum Gasteiger partial charge on any atom is -0.278 e. The van der Waals surface area contributed by atoms with Crippen LogP contribution in [0.15, 0.2) is 34.6 Å². The van der Waals surface area contributed by atoms with Gasteiger partial charge in [-0.2, -0.15) is 5.26 Å². The first-order valence-electron chi connectivity index (χ1n) is 5.05. The van der Waals surface area contributed by atoms with Crippen LogP contribution < -0.4 is 0 Å². The molecule has 0 atom stereocenters. The van der Waals surface area contributed by atoms with Crippen molar-refractivity contribution in [2.24, 2.45) is 10.3 Å². The second-order valence-electron chi connectivity index (χ2n) is 3.51. The van der Waals surface area contributed by atoms with Gasteiger partial charge in [0.25, 0.3) is 0 Å². The van der Waals surface area contributed by atoms with Gasteiger partial charge in [-0.3, -0.25) is 5.01 Å². The van der Waals surface area contributed by atoms with Gasteiger partial charge in [-0.25, -0.2) is 0 Å². The molecule has 4 heteroatoms. The summed E-state index contributed by atoms with van der Waals surface area (Å²) in [7, 11) is 0. The standard InChI is InChI=1S/C11H12N4/c12-9-10-3-5-11(6-4-10)13-14-15-7-1-2-8-15/h3-6H,1-2,7-8H2. The molecule has 0 amide bonds. The van der Waals surface area contributed by atoms with Gasteiger partial charge in [-0.1, -0.05) is 5.22 Å². The normalized spacial score (nSPS) is 15.8. The molecule has 0 aliphatic carbocycles. The van der Waals surface area contributed by atoms with Crippen molar-refractivity contribution in [2.45, 2.75) is 12.8 Å². The van der Waals surface area contributed by atoms with E-state index < -0.39 is 0 Å². The maximum atomic E-state index is 8.62. The molecule has 0 unspecified atom stereocenters. The molecule has 1 saturated heterocycles. The van der Waals surface area contributed by atoms with Crippen LogP contribution in [0.3, 0.4) is 0 Å². The summed E-state index contributed by atoms with van der Waals surface area (Å²) in [5.74, 6) is 0. The highest BCUT2D eigenvalue weighted by Gasteiger charge is 2.08. The van der Waals surface area contributed by atoms with Crippen molar-refractivity contribution in [3.63, 3.8) is 0 Å². The van der Waals surface area contributed by atoms with Crippen LogP contribution >= 0.6 is 0 Å². The Labute approximate surface area is 88.8 Å². The van der Waals surface area contributed by atoms with Gasteiger partial charge in [-0.15, -0.1) is 5.11 Å². The Bertz CT molecular complexity index is 382. The van der Waals surface area contributed by atoms with Crippen LogP contribution in [-0.4, -0.2) is 18.1 Å². The lowest BCUT2D eigenvalue weighted by Crippen LogP contribution is -2.09. The van der Waals surface area contributed by atoms with Crippen molar-refractivity contribution in [3.8, 4) is 6.07 Å². The third-order valence-electron chi connectivity index (χ3n) is 2.37. The van der Waals surface area contributed by atoms with Crippen LogP contribution in [0, 0.1) is 11.3 Å². The van der Waals surface area contributed by atoms with E-state index in [2.05, 4.69) is 16.4 Å². The lowest BCUT2D eigenvalue weighted by molar-refractivity contribution is 0.336. The molecule has 15 heavy (non-hydrogen) atoms. The van der Waals surface area contributed by atoms with Crippen molar-refractivity contribution >= 4 is 5.69 Å². The number of nitrogens with zero attached hydrogens (tertiary/aromatic N) is 4. The monoisotopic (exact) mass is 200 g/mol.